The van der Waals surface area contributed by atoms with Crippen molar-refractivity contribution < 1.29 is 14.0 Å². The van der Waals surface area contributed by atoms with E-state index >= 15 is 0 Å². The number of hydrogen-bond donors (Lipinski definition) is 1. The van der Waals surface area contributed by atoms with Crippen LogP contribution in [0.1, 0.15) is 58.8 Å². The normalized spacial score (nSPS) is 11.9. The van der Waals surface area contributed by atoms with Crippen LogP contribution >= 0.6 is 0 Å². The average Bonchev–Trinajstić information content (AvgIpc) is 2.44. The zero-order valence-electron chi connectivity index (χ0n) is 15.3. The van der Waals surface area contributed by atoms with E-state index < -0.39 is 14.4 Å². The van der Waals surface area contributed by atoms with Gasteiger partial charge in [0, 0.05) is 11.3 Å². The molecule has 0 bridgehead atoms. The molecule has 1 amide bonds. The van der Waals surface area contributed by atoms with Gasteiger partial charge in [0.05, 0.1) is 0 Å². The highest BCUT2D eigenvalue weighted by atomic mass is 28.4. The van der Waals surface area contributed by atoms with Gasteiger partial charge in [-0.3, -0.25) is 10.1 Å². The highest BCUT2D eigenvalue weighted by molar-refractivity contribution is 6.79. The fourth-order valence-electron chi connectivity index (χ4n) is 3.45. The molecule has 0 aliphatic carbocycles. The molecule has 1 N–H and O–H groups in total. The van der Waals surface area contributed by atoms with E-state index in [0.717, 1.165) is 0 Å². The first-order valence-electron chi connectivity index (χ1n) is 8.22. The average molecular weight is 336 g/mol. The first-order chi connectivity index (χ1) is 10.6. The number of ketones is 1. The lowest BCUT2D eigenvalue weighted by molar-refractivity contribution is 0.101. The molecule has 0 aliphatic rings. The second kappa shape index (κ2) is 7.77. The Bertz CT molecular complexity index is 528. The summed E-state index contributed by atoms with van der Waals surface area (Å²) in [6.45, 7) is 14.4. The van der Waals surface area contributed by atoms with E-state index in [2.05, 4.69) is 46.9 Å². The predicted octanol–water partition coefficient (Wildman–Crippen LogP) is 5.61. The molecule has 0 radical (unpaired) electrons. The van der Waals surface area contributed by atoms with Crippen LogP contribution in [0.15, 0.2) is 24.3 Å². The summed E-state index contributed by atoms with van der Waals surface area (Å²) in [4.78, 5) is 23.7. The van der Waals surface area contributed by atoms with Gasteiger partial charge >= 0.3 is 6.09 Å². The van der Waals surface area contributed by atoms with Gasteiger partial charge in [0.25, 0.3) is 8.32 Å². The van der Waals surface area contributed by atoms with Crippen LogP contribution in [0.25, 0.3) is 0 Å². The van der Waals surface area contributed by atoms with Crippen LogP contribution in [0.4, 0.5) is 10.5 Å². The number of carbonyl (C=O) groups is 2. The second-order valence-corrected chi connectivity index (χ2v) is 12.3. The molecule has 5 heteroatoms. The minimum atomic E-state index is -2.24. The highest BCUT2D eigenvalue weighted by Crippen LogP contribution is 2.42. The van der Waals surface area contributed by atoms with Crippen molar-refractivity contribution in [3.05, 3.63) is 29.8 Å². The summed E-state index contributed by atoms with van der Waals surface area (Å²) < 4.78 is 6.03. The molecule has 128 valence electrons. The summed E-state index contributed by atoms with van der Waals surface area (Å²) in [6, 6.07) is 6.86. The quantitative estimate of drug-likeness (QED) is 0.543. The zero-order chi connectivity index (χ0) is 17.8. The minimum Gasteiger partial charge on any atom is -0.503 e. The van der Waals surface area contributed by atoms with Gasteiger partial charge < -0.3 is 4.43 Å². The zero-order valence-corrected chi connectivity index (χ0v) is 16.3. The van der Waals surface area contributed by atoms with Crippen molar-refractivity contribution in [1.82, 2.24) is 0 Å². The Hall–Kier alpha value is -1.62. The van der Waals surface area contributed by atoms with E-state index in [1.54, 1.807) is 24.3 Å². The number of hydrogen-bond acceptors (Lipinski definition) is 3. The lowest BCUT2D eigenvalue weighted by atomic mass is 10.1. The first kappa shape index (κ1) is 19.4. The Kier molecular flexibility index (Phi) is 6.56. The molecule has 0 aliphatic heterocycles. The summed E-state index contributed by atoms with van der Waals surface area (Å²) in [5, 5.41) is 2.79. The van der Waals surface area contributed by atoms with Crippen molar-refractivity contribution in [2.24, 2.45) is 0 Å². The van der Waals surface area contributed by atoms with Crippen LogP contribution in [-0.4, -0.2) is 20.2 Å². The van der Waals surface area contributed by atoms with Crippen LogP contribution in [0.5, 0.6) is 0 Å². The Morgan fingerprint density at radius 3 is 1.70 bits per heavy atom. The molecule has 1 aromatic rings. The molecule has 23 heavy (non-hydrogen) atoms. The predicted molar refractivity (Wildman–Crippen MR) is 97.6 cm³/mol. The SMILES string of the molecule is CC(=O)c1ccc(NC(=O)O[Si](C(C)C)(C(C)C)C(C)C)cc1. The summed E-state index contributed by atoms with van der Waals surface area (Å²) >= 11 is 0. The monoisotopic (exact) mass is 335 g/mol. The van der Waals surface area contributed by atoms with Crippen molar-refractivity contribution in [2.75, 3.05) is 5.32 Å². The third-order valence-corrected chi connectivity index (χ3v) is 10.5. The van der Waals surface area contributed by atoms with Crippen LogP contribution in [0.3, 0.4) is 0 Å². The van der Waals surface area contributed by atoms with E-state index in [1.165, 1.54) is 6.92 Å². The van der Waals surface area contributed by atoms with Gasteiger partial charge in [-0.2, -0.15) is 0 Å². The third kappa shape index (κ3) is 4.44. The van der Waals surface area contributed by atoms with Gasteiger partial charge in [-0.15, -0.1) is 0 Å². The van der Waals surface area contributed by atoms with Crippen molar-refractivity contribution in [3.63, 3.8) is 0 Å². The molecule has 0 unspecified atom stereocenters. The Balaban J connectivity index is 2.90. The van der Waals surface area contributed by atoms with E-state index in [-0.39, 0.29) is 5.78 Å². The fourth-order valence-corrected chi connectivity index (χ4v) is 8.52. The fraction of sp³-hybridized carbons (Fsp3) is 0.556. The van der Waals surface area contributed by atoms with Gasteiger partial charge in [-0.1, -0.05) is 41.5 Å². The molecule has 0 saturated heterocycles. The standard InChI is InChI=1S/C18H29NO3Si/c1-12(2)23(13(3)4,14(5)6)22-18(21)19-17-10-8-16(9-11-17)15(7)20/h8-14H,1-7H3,(H,19,21). The minimum absolute atomic E-state index is 0.00461. The number of carbonyl (C=O) groups excluding carboxylic acids is 2. The van der Waals surface area contributed by atoms with E-state index in [0.29, 0.717) is 27.9 Å². The molecule has 4 nitrogen and oxygen atoms in total. The molecular formula is C18H29NO3Si. The maximum absolute atomic E-state index is 12.4. The van der Waals surface area contributed by atoms with E-state index in [1.807, 2.05) is 0 Å². The van der Waals surface area contributed by atoms with Gasteiger partial charge in [0.2, 0.25) is 0 Å². The molecule has 1 rings (SSSR count). The number of nitrogens with one attached hydrogen (secondary N) is 1. The Morgan fingerprint density at radius 2 is 1.35 bits per heavy atom. The summed E-state index contributed by atoms with van der Waals surface area (Å²) in [5.41, 5.74) is 2.29. The van der Waals surface area contributed by atoms with Crippen LogP contribution < -0.4 is 5.32 Å². The van der Waals surface area contributed by atoms with Crippen molar-refractivity contribution in [3.8, 4) is 0 Å². The molecule has 0 aromatic heterocycles. The van der Waals surface area contributed by atoms with Crippen LogP contribution in [-0.2, 0) is 4.43 Å². The molecule has 0 fully saturated rings. The number of rotatable bonds is 6. The Labute approximate surface area is 140 Å². The number of Topliss-reactive ketones (excluding diaryl/α,β-unsaturated/α-hetero) is 1. The number of anilines is 1. The lowest BCUT2D eigenvalue weighted by Crippen LogP contribution is -2.50. The van der Waals surface area contributed by atoms with Crippen LogP contribution in [0, 0.1) is 0 Å². The highest BCUT2D eigenvalue weighted by Gasteiger charge is 2.48. The molecule has 0 heterocycles. The Morgan fingerprint density at radius 1 is 0.913 bits per heavy atom. The molecule has 0 saturated carbocycles. The topological polar surface area (TPSA) is 55.4 Å². The maximum atomic E-state index is 12.4. The third-order valence-electron chi connectivity index (χ3n) is 4.51. The smallest absolute Gasteiger partial charge is 0.398 e. The molecular weight excluding hydrogens is 306 g/mol. The van der Waals surface area contributed by atoms with Gasteiger partial charge in [0.1, 0.15) is 0 Å². The maximum Gasteiger partial charge on any atom is 0.398 e. The number of amides is 1. The first-order valence-corrected chi connectivity index (χ1v) is 10.4. The summed E-state index contributed by atoms with van der Waals surface area (Å²) in [5.74, 6) is 0.00461. The van der Waals surface area contributed by atoms with Crippen molar-refractivity contribution >= 4 is 25.9 Å². The molecule has 0 atom stereocenters. The van der Waals surface area contributed by atoms with Gasteiger partial charge in [-0.05, 0) is 47.8 Å². The molecule has 0 spiro atoms. The summed E-state index contributed by atoms with van der Waals surface area (Å²) in [6.07, 6.45) is -0.400. The lowest BCUT2D eigenvalue weighted by Gasteiger charge is -2.41. The van der Waals surface area contributed by atoms with Crippen LogP contribution in [0.2, 0.25) is 16.6 Å². The van der Waals surface area contributed by atoms with Gasteiger partial charge in [-0.25, -0.2) is 4.79 Å². The largest absolute Gasteiger partial charge is 0.503 e. The van der Waals surface area contributed by atoms with E-state index in [9.17, 15) is 9.59 Å². The van der Waals surface area contributed by atoms with Crippen molar-refractivity contribution in [2.45, 2.75) is 65.1 Å². The number of benzene rings is 1. The van der Waals surface area contributed by atoms with Gasteiger partial charge in [0.15, 0.2) is 5.78 Å². The van der Waals surface area contributed by atoms with Crippen molar-refractivity contribution in [1.29, 1.82) is 0 Å². The molecule has 1 aromatic carbocycles. The summed E-state index contributed by atoms with van der Waals surface area (Å²) in [7, 11) is -2.24. The second-order valence-electron chi connectivity index (χ2n) is 6.97. The van der Waals surface area contributed by atoms with E-state index in [4.69, 9.17) is 4.43 Å².